The number of para-hydroxylation sites is 1. The molecule has 21 heavy (non-hydrogen) atoms. The highest BCUT2D eigenvalue weighted by atomic mass is 32.1. The fourth-order valence-electron chi connectivity index (χ4n) is 1.88. The molecule has 1 atom stereocenters. The lowest BCUT2D eigenvalue weighted by Crippen LogP contribution is -2.19. The van der Waals surface area contributed by atoms with Gasteiger partial charge < -0.3 is 9.84 Å². The summed E-state index contributed by atoms with van der Waals surface area (Å²) in [6.45, 7) is 3.76. The lowest BCUT2D eigenvalue weighted by Gasteiger charge is -2.16. The van der Waals surface area contributed by atoms with E-state index in [0.717, 1.165) is 10.6 Å². The second-order valence-electron chi connectivity index (χ2n) is 4.55. The smallest absolute Gasteiger partial charge is 0.405 e. The van der Waals surface area contributed by atoms with E-state index in [-0.39, 0.29) is 17.7 Å². The first kappa shape index (κ1) is 15.8. The average molecular weight is 317 g/mol. The van der Waals surface area contributed by atoms with Crippen LogP contribution in [0, 0.1) is 13.8 Å². The Hall–Kier alpha value is -1.60. The van der Waals surface area contributed by atoms with Gasteiger partial charge in [0.1, 0.15) is 5.75 Å². The molecular formula is C14H14F3NO2S. The van der Waals surface area contributed by atoms with Crippen molar-refractivity contribution >= 4 is 11.3 Å². The molecule has 0 fully saturated rings. The van der Waals surface area contributed by atoms with Gasteiger partial charge in [-0.2, -0.15) is 0 Å². The van der Waals surface area contributed by atoms with Gasteiger partial charge in [-0.15, -0.1) is 24.5 Å². The minimum atomic E-state index is -4.79. The van der Waals surface area contributed by atoms with Gasteiger partial charge >= 0.3 is 6.36 Å². The minimum absolute atomic E-state index is 0.0975. The third-order valence-corrected chi connectivity index (χ3v) is 4.04. The van der Waals surface area contributed by atoms with Gasteiger partial charge in [0.2, 0.25) is 0 Å². The molecule has 0 radical (unpaired) electrons. The average Bonchev–Trinajstić information content (AvgIpc) is 2.66. The molecule has 0 saturated heterocycles. The molecule has 3 nitrogen and oxygen atoms in total. The Morgan fingerprint density at radius 3 is 2.52 bits per heavy atom. The van der Waals surface area contributed by atoms with E-state index in [2.05, 4.69) is 9.72 Å². The van der Waals surface area contributed by atoms with Crippen molar-refractivity contribution in [1.29, 1.82) is 0 Å². The van der Waals surface area contributed by atoms with Crippen molar-refractivity contribution in [3.8, 4) is 5.75 Å². The number of halogens is 3. The minimum Gasteiger partial charge on any atom is -0.405 e. The number of rotatable bonds is 4. The summed E-state index contributed by atoms with van der Waals surface area (Å²) in [6.07, 6.45) is -5.74. The van der Waals surface area contributed by atoms with Crippen molar-refractivity contribution < 1.29 is 23.0 Å². The maximum Gasteiger partial charge on any atom is 0.573 e. The Labute approximate surface area is 124 Å². The van der Waals surface area contributed by atoms with Crippen LogP contribution in [0.4, 0.5) is 13.2 Å². The molecule has 1 heterocycles. The molecule has 7 heteroatoms. The molecule has 0 bridgehead atoms. The Morgan fingerprint density at radius 1 is 1.29 bits per heavy atom. The monoisotopic (exact) mass is 317 g/mol. The van der Waals surface area contributed by atoms with Crippen LogP contribution < -0.4 is 4.74 Å². The molecule has 1 aromatic carbocycles. The molecule has 1 unspecified atom stereocenters. The number of ether oxygens (including phenoxy) is 1. The molecule has 0 saturated carbocycles. The van der Waals surface area contributed by atoms with Gasteiger partial charge in [0.05, 0.1) is 16.8 Å². The SMILES string of the molecule is Cc1nc(CC(O)c2ccccc2OC(F)(F)F)sc1C. The summed E-state index contributed by atoms with van der Waals surface area (Å²) >= 11 is 1.42. The molecule has 0 spiro atoms. The van der Waals surface area contributed by atoms with Gasteiger partial charge in [0, 0.05) is 16.9 Å². The Morgan fingerprint density at radius 2 is 1.95 bits per heavy atom. The highest BCUT2D eigenvalue weighted by Crippen LogP contribution is 2.32. The predicted molar refractivity (Wildman–Crippen MR) is 73.4 cm³/mol. The van der Waals surface area contributed by atoms with E-state index in [1.807, 2.05) is 13.8 Å². The van der Waals surface area contributed by atoms with Crippen LogP contribution >= 0.6 is 11.3 Å². The van der Waals surface area contributed by atoms with Gasteiger partial charge in [0.15, 0.2) is 0 Å². The molecule has 0 aliphatic rings. The topological polar surface area (TPSA) is 42.4 Å². The van der Waals surface area contributed by atoms with Gasteiger partial charge in [0.25, 0.3) is 0 Å². The zero-order valence-corrected chi connectivity index (χ0v) is 12.3. The second kappa shape index (κ2) is 6.03. The van der Waals surface area contributed by atoms with Gasteiger partial charge in [-0.1, -0.05) is 18.2 Å². The molecule has 0 aliphatic carbocycles. The largest absolute Gasteiger partial charge is 0.573 e. The Balaban J connectivity index is 2.20. The summed E-state index contributed by atoms with van der Waals surface area (Å²) in [5, 5.41) is 10.9. The van der Waals surface area contributed by atoms with Crippen molar-refractivity contribution in [2.45, 2.75) is 32.7 Å². The van der Waals surface area contributed by atoms with E-state index >= 15 is 0 Å². The van der Waals surface area contributed by atoms with Gasteiger partial charge in [-0.25, -0.2) is 4.98 Å². The lowest BCUT2D eigenvalue weighted by molar-refractivity contribution is -0.275. The Kier molecular flexibility index (Phi) is 4.53. The summed E-state index contributed by atoms with van der Waals surface area (Å²) in [5.74, 6) is -0.387. The fraction of sp³-hybridized carbons (Fsp3) is 0.357. The molecular weight excluding hydrogens is 303 g/mol. The number of nitrogens with zero attached hydrogens (tertiary/aromatic N) is 1. The van der Waals surface area contributed by atoms with Crippen LogP contribution in [0.2, 0.25) is 0 Å². The number of hydrogen-bond donors (Lipinski definition) is 1. The summed E-state index contributed by atoms with van der Waals surface area (Å²) in [5.41, 5.74) is 0.961. The van der Waals surface area contributed by atoms with Crippen LogP contribution in [0.15, 0.2) is 24.3 Å². The highest BCUT2D eigenvalue weighted by Gasteiger charge is 2.32. The maximum atomic E-state index is 12.4. The number of aliphatic hydroxyl groups is 1. The van der Waals surface area contributed by atoms with Crippen molar-refractivity contribution in [2.75, 3.05) is 0 Å². The highest BCUT2D eigenvalue weighted by molar-refractivity contribution is 7.11. The number of aliphatic hydroxyl groups excluding tert-OH is 1. The summed E-state index contributed by atoms with van der Waals surface area (Å²) in [4.78, 5) is 5.30. The normalized spacial score (nSPS) is 13.2. The lowest BCUT2D eigenvalue weighted by atomic mass is 10.1. The van der Waals surface area contributed by atoms with Crippen LogP contribution in [0.5, 0.6) is 5.75 Å². The zero-order chi connectivity index (χ0) is 15.6. The number of benzene rings is 1. The van der Waals surface area contributed by atoms with Crippen LogP contribution in [0.25, 0.3) is 0 Å². The molecule has 114 valence electrons. The zero-order valence-electron chi connectivity index (χ0n) is 11.4. The number of hydrogen-bond acceptors (Lipinski definition) is 4. The van der Waals surface area contributed by atoms with E-state index in [0.29, 0.717) is 5.01 Å². The fourth-order valence-corrected chi connectivity index (χ4v) is 2.85. The molecule has 1 N–H and O–H groups in total. The first-order valence-corrected chi connectivity index (χ1v) is 7.03. The molecule has 0 amide bonds. The van der Waals surface area contributed by atoms with E-state index in [1.165, 1.54) is 29.5 Å². The number of alkyl halides is 3. The maximum absolute atomic E-state index is 12.4. The van der Waals surface area contributed by atoms with Crippen molar-refractivity contribution in [3.63, 3.8) is 0 Å². The first-order valence-electron chi connectivity index (χ1n) is 6.22. The quantitative estimate of drug-likeness (QED) is 0.929. The van der Waals surface area contributed by atoms with Crippen molar-refractivity contribution in [3.05, 3.63) is 45.4 Å². The van der Waals surface area contributed by atoms with Crippen LogP contribution in [-0.4, -0.2) is 16.5 Å². The Bertz CT molecular complexity index is 605. The number of aryl methyl sites for hydroxylation is 2. The van der Waals surface area contributed by atoms with E-state index < -0.39 is 12.5 Å². The molecule has 1 aromatic heterocycles. The summed E-state index contributed by atoms with van der Waals surface area (Å²) in [6, 6.07) is 5.58. The van der Waals surface area contributed by atoms with Crippen LogP contribution in [0.1, 0.15) is 27.2 Å². The molecule has 0 aliphatic heterocycles. The van der Waals surface area contributed by atoms with E-state index in [4.69, 9.17) is 0 Å². The predicted octanol–water partition coefficient (Wildman–Crippen LogP) is 3.93. The van der Waals surface area contributed by atoms with Crippen molar-refractivity contribution in [1.82, 2.24) is 4.98 Å². The third-order valence-electron chi connectivity index (χ3n) is 2.94. The van der Waals surface area contributed by atoms with Crippen LogP contribution in [0.3, 0.4) is 0 Å². The van der Waals surface area contributed by atoms with Crippen molar-refractivity contribution in [2.24, 2.45) is 0 Å². The first-order chi connectivity index (χ1) is 9.76. The number of aromatic nitrogens is 1. The standard InChI is InChI=1S/C14H14F3NO2S/c1-8-9(2)21-13(18-8)7-11(19)10-5-3-4-6-12(10)20-14(15,16)17/h3-6,11,19H,7H2,1-2H3. The summed E-state index contributed by atoms with van der Waals surface area (Å²) < 4.78 is 41.0. The molecule has 2 rings (SSSR count). The van der Waals surface area contributed by atoms with Gasteiger partial charge in [-0.05, 0) is 19.9 Å². The van der Waals surface area contributed by atoms with E-state index in [9.17, 15) is 18.3 Å². The number of thiazole rings is 1. The summed E-state index contributed by atoms with van der Waals surface area (Å²) in [7, 11) is 0. The van der Waals surface area contributed by atoms with Crippen LogP contribution in [-0.2, 0) is 6.42 Å². The second-order valence-corrected chi connectivity index (χ2v) is 5.84. The third kappa shape index (κ3) is 4.18. The van der Waals surface area contributed by atoms with Gasteiger partial charge in [-0.3, -0.25) is 0 Å². The molecule has 2 aromatic rings. The van der Waals surface area contributed by atoms with E-state index in [1.54, 1.807) is 6.07 Å².